The summed E-state index contributed by atoms with van der Waals surface area (Å²) in [5, 5.41) is 15.0. The summed E-state index contributed by atoms with van der Waals surface area (Å²) in [7, 11) is 0. The lowest BCUT2D eigenvalue weighted by molar-refractivity contribution is -0.384. The first-order valence-corrected chi connectivity index (χ1v) is 11.9. The molecule has 0 radical (unpaired) electrons. The van der Waals surface area contributed by atoms with Crippen molar-refractivity contribution in [3.8, 4) is 5.75 Å². The molecule has 34 heavy (non-hydrogen) atoms. The molecule has 3 aromatic carbocycles. The molecule has 3 aromatic rings. The van der Waals surface area contributed by atoms with Gasteiger partial charge in [0.15, 0.2) is 0 Å². The Morgan fingerprint density at radius 1 is 1.12 bits per heavy atom. The number of halogens is 1. The molecular weight excluding hydrogens is 547 g/mol. The zero-order valence-corrected chi connectivity index (χ0v) is 20.5. The van der Waals surface area contributed by atoms with Crippen LogP contribution in [0.15, 0.2) is 71.8 Å². The minimum atomic E-state index is -0.427. The lowest BCUT2D eigenvalue weighted by atomic mass is 10.2. The standard InChI is InChI=1S/C25H23IN4O4/c26-23-15-18(6-11-24(23)34-17-19-4-3-5-22(14-19)30(32)33)16-27-28-25(31)20-7-9-21(10-8-20)29-12-1-2-13-29/h3-11,14-16H,1-2,12-13,17H2,(H,28,31)/b27-16-. The second-order valence-corrected chi connectivity index (χ2v) is 9.01. The number of carbonyl (C=O) groups is 1. The topological polar surface area (TPSA) is 97.1 Å². The van der Waals surface area contributed by atoms with E-state index in [-0.39, 0.29) is 18.2 Å². The van der Waals surface area contributed by atoms with Crippen LogP contribution in [-0.4, -0.2) is 30.1 Å². The molecule has 8 nitrogen and oxygen atoms in total. The van der Waals surface area contributed by atoms with Crippen molar-refractivity contribution in [1.82, 2.24) is 5.43 Å². The van der Waals surface area contributed by atoms with Crippen LogP contribution in [0.2, 0.25) is 0 Å². The summed E-state index contributed by atoms with van der Waals surface area (Å²) in [6.07, 6.45) is 3.99. The summed E-state index contributed by atoms with van der Waals surface area (Å²) >= 11 is 2.15. The molecule has 1 saturated heterocycles. The number of nitro groups is 1. The Morgan fingerprint density at radius 2 is 1.88 bits per heavy atom. The molecule has 1 fully saturated rings. The molecule has 1 aliphatic rings. The van der Waals surface area contributed by atoms with Crippen LogP contribution in [0.3, 0.4) is 0 Å². The first-order chi connectivity index (χ1) is 16.5. The zero-order valence-electron chi connectivity index (χ0n) is 18.3. The highest BCUT2D eigenvalue weighted by Crippen LogP contribution is 2.24. The van der Waals surface area contributed by atoms with Crippen molar-refractivity contribution in [1.29, 1.82) is 0 Å². The number of hydrazone groups is 1. The lowest BCUT2D eigenvalue weighted by Gasteiger charge is -2.17. The zero-order chi connectivity index (χ0) is 23.9. The predicted octanol–water partition coefficient (Wildman–Crippen LogP) is 5.14. The van der Waals surface area contributed by atoms with E-state index in [4.69, 9.17) is 4.74 Å². The molecule has 0 atom stereocenters. The molecule has 1 aliphatic heterocycles. The van der Waals surface area contributed by atoms with E-state index in [1.54, 1.807) is 24.4 Å². The van der Waals surface area contributed by atoms with Gasteiger partial charge in [0.05, 0.1) is 14.7 Å². The Kier molecular flexibility index (Phi) is 7.73. The molecule has 0 unspecified atom stereocenters. The quantitative estimate of drug-likeness (QED) is 0.175. The summed E-state index contributed by atoms with van der Waals surface area (Å²) in [6, 6.07) is 19.4. The van der Waals surface area contributed by atoms with Gasteiger partial charge >= 0.3 is 0 Å². The molecule has 1 amide bonds. The summed E-state index contributed by atoms with van der Waals surface area (Å²) in [6.45, 7) is 2.35. The molecule has 0 spiro atoms. The van der Waals surface area contributed by atoms with E-state index in [2.05, 4.69) is 38.0 Å². The van der Waals surface area contributed by atoms with Gasteiger partial charge in [-0.15, -0.1) is 0 Å². The van der Waals surface area contributed by atoms with E-state index in [1.807, 2.05) is 36.4 Å². The van der Waals surface area contributed by atoms with E-state index in [1.165, 1.54) is 25.0 Å². The van der Waals surface area contributed by atoms with Gasteiger partial charge in [0.2, 0.25) is 0 Å². The fourth-order valence-corrected chi connectivity index (χ4v) is 4.36. The van der Waals surface area contributed by atoms with E-state index in [9.17, 15) is 14.9 Å². The molecule has 0 aliphatic carbocycles. The number of ether oxygens (including phenoxy) is 1. The molecule has 0 bridgehead atoms. The van der Waals surface area contributed by atoms with Crippen LogP contribution < -0.4 is 15.1 Å². The largest absolute Gasteiger partial charge is 0.488 e. The number of nitrogens with zero attached hydrogens (tertiary/aromatic N) is 3. The maximum absolute atomic E-state index is 12.4. The number of amides is 1. The highest BCUT2D eigenvalue weighted by molar-refractivity contribution is 14.1. The van der Waals surface area contributed by atoms with Gasteiger partial charge in [0, 0.05) is 36.5 Å². The summed E-state index contributed by atoms with van der Waals surface area (Å²) in [4.78, 5) is 25.2. The smallest absolute Gasteiger partial charge is 0.271 e. The number of anilines is 1. The third-order valence-corrected chi connectivity index (χ3v) is 6.30. The Bertz CT molecular complexity index is 1210. The number of carbonyl (C=O) groups excluding carboxylic acids is 1. The van der Waals surface area contributed by atoms with Gasteiger partial charge in [-0.25, -0.2) is 5.43 Å². The van der Waals surface area contributed by atoms with Crippen LogP contribution in [0.5, 0.6) is 5.75 Å². The molecule has 0 saturated carbocycles. The van der Waals surface area contributed by atoms with Gasteiger partial charge in [-0.1, -0.05) is 12.1 Å². The number of hydrogen-bond acceptors (Lipinski definition) is 6. The maximum Gasteiger partial charge on any atom is 0.271 e. The normalized spacial score (nSPS) is 13.3. The molecule has 0 aromatic heterocycles. The SMILES string of the molecule is O=C(N/N=C\c1ccc(OCc2cccc([N+](=O)[O-])c2)c(I)c1)c1ccc(N2CCCC2)cc1. The van der Waals surface area contributed by atoms with Crippen molar-refractivity contribution in [3.05, 3.63) is 97.1 Å². The Morgan fingerprint density at radius 3 is 2.59 bits per heavy atom. The number of benzene rings is 3. The van der Waals surface area contributed by atoms with E-state index in [0.717, 1.165) is 27.9 Å². The molecular formula is C25H23IN4O4. The van der Waals surface area contributed by atoms with Gasteiger partial charge in [-0.2, -0.15) is 5.10 Å². The third kappa shape index (κ3) is 6.10. The maximum atomic E-state index is 12.4. The van der Waals surface area contributed by atoms with Crippen LogP contribution in [0.1, 0.15) is 34.3 Å². The molecule has 4 rings (SSSR count). The number of nitrogens with one attached hydrogen (secondary N) is 1. The monoisotopic (exact) mass is 570 g/mol. The average Bonchev–Trinajstić information content (AvgIpc) is 3.39. The van der Waals surface area contributed by atoms with Crippen LogP contribution in [0, 0.1) is 13.7 Å². The first-order valence-electron chi connectivity index (χ1n) is 10.8. The first kappa shape index (κ1) is 23.7. The van der Waals surface area contributed by atoms with Crippen molar-refractivity contribution in [2.24, 2.45) is 5.10 Å². The lowest BCUT2D eigenvalue weighted by Crippen LogP contribution is -2.19. The van der Waals surface area contributed by atoms with Crippen molar-refractivity contribution >= 4 is 46.1 Å². The predicted molar refractivity (Wildman–Crippen MR) is 140 cm³/mol. The second kappa shape index (κ2) is 11.1. The van der Waals surface area contributed by atoms with Gasteiger partial charge in [-0.3, -0.25) is 14.9 Å². The minimum Gasteiger partial charge on any atom is -0.488 e. The molecule has 9 heteroatoms. The highest BCUT2D eigenvalue weighted by atomic mass is 127. The van der Waals surface area contributed by atoms with E-state index < -0.39 is 4.92 Å². The van der Waals surface area contributed by atoms with E-state index >= 15 is 0 Å². The van der Waals surface area contributed by atoms with Crippen molar-refractivity contribution < 1.29 is 14.5 Å². The number of nitro benzene ring substituents is 1. The van der Waals surface area contributed by atoms with Crippen molar-refractivity contribution in [3.63, 3.8) is 0 Å². The highest BCUT2D eigenvalue weighted by Gasteiger charge is 2.13. The van der Waals surface area contributed by atoms with Crippen LogP contribution in [-0.2, 0) is 6.61 Å². The Labute approximate surface area is 210 Å². The van der Waals surface area contributed by atoms with Crippen molar-refractivity contribution in [2.45, 2.75) is 19.4 Å². The van der Waals surface area contributed by atoms with E-state index in [0.29, 0.717) is 16.9 Å². The fraction of sp³-hybridized carbons (Fsp3) is 0.200. The van der Waals surface area contributed by atoms with Gasteiger partial charge < -0.3 is 9.64 Å². The number of rotatable bonds is 8. The number of non-ortho nitro benzene ring substituents is 1. The van der Waals surface area contributed by atoms with Crippen molar-refractivity contribution in [2.75, 3.05) is 18.0 Å². The minimum absolute atomic E-state index is 0.0342. The van der Waals surface area contributed by atoms with Crippen LogP contribution in [0.25, 0.3) is 0 Å². The summed E-state index contributed by atoms with van der Waals surface area (Å²) < 4.78 is 6.67. The second-order valence-electron chi connectivity index (χ2n) is 7.85. The number of hydrogen-bond donors (Lipinski definition) is 1. The Hall–Kier alpha value is -3.47. The summed E-state index contributed by atoms with van der Waals surface area (Å²) in [5.41, 5.74) is 5.81. The van der Waals surface area contributed by atoms with Gasteiger partial charge in [0.25, 0.3) is 11.6 Å². The average molecular weight is 570 g/mol. The van der Waals surface area contributed by atoms with Gasteiger partial charge in [0.1, 0.15) is 12.4 Å². The Balaban J connectivity index is 1.31. The fourth-order valence-electron chi connectivity index (χ4n) is 3.66. The van der Waals surface area contributed by atoms with Crippen LogP contribution in [0.4, 0.5) is 11.4 Å². The molecule has 1 N–H and O–H groups in total. The molecule has 174 valence electrons. The molecule has 1 heterocycles. The summed E-state index contributed by atoms with van der Waals surface area (Å²) in [5.74, 6) is 0.391. The van der Waals surface area contributed by atoms with Gasteiger partial charge in [-0.05, 0) is 89.0 Å². The van der Waals surface area contributed by atoms with Crippen LogP contribution >= 0.6 is 22.6 Å². The third-order valence-electron chi connectivity index (χ3n) is 5.45.